The molecule has 0 spiro atoms. The molecule has 2 aliphatic heterocycles. The maximum Gasteiger partial charge on any atom is 0.494 e. The number of rotatable bonds is 4. The molecule has 3 aromatic rings. The van der Waals surface area contributed by atoms with Crippen LogP contribution < -0.4 is 10.9 Å². The van der Waals surface area contributed by atoms with Gasteiger partial charge in [-0.15, -0.1) is 0 Å². The minimum absolute atomic E-state index is 0.376. The van der Waals surface area contributed by atoms with Crippen molar-refractivity contribution in [1.82, 2.24) is 4.98 Å². The van der Waals surface area contributed by atoms with Crippen molar-refractivity contribution in [2.75, 3.05) is 0 Å². The number of nitrogens with one attached hydrogen (secondary N) is 1. The van der Waals surface area contributed by atoms with E-state index in [0.29, 0.717) is 0 Å². The Morgan fingerprint density at radius 3 is 1.09 bits per heavy atom. The van der Waals surface area contributed by atoms with Crippen LogP contribution in [0.5, 0.6) is 0 Å². The highest BCUT2D eigenvalue weighted by Crippen LogP contribution is 2.37. The van der Waals surface area contributed by atoms with Crippen LogP contribution in [0.4, 0.5) is 0 Å². The second kappa shape index (κ2) is 8.10. The van der Waals surface area contributed by atoms with Gasteiger partial charge in [-0.05, 0) is 89.6 Å². The Morgan fingerprint density at radius 2 is 0.800 bits per heavy atom. The molecule has 0 aliphatic carbocycles. The third-order valence-electron chi connectivity index (χ3n) is 8.10. The first-order chi connectivity index (χ1) is 16.7. The van der Waals surface area contributed by atoms with E-state index in [4.69, 9.17) is 20.0 Å². The van der Waals surface area contributed by atoms with Gasteiger partial charge in [0.05, 0.1) is 22.4 Å². The van der Waals surface area contributed by atoms with Gasteiger partial charge in [0.2, 0.25) is 0 Å². The van der Waals surface area contributed by atoms with Gasteiger partial charge in [0, 0.05) is 11.4 Å². The zero-order valence-corrected chi connectivity index (χ0v) is 22.0. The molecule has 182 valence electrons. The largest absolute Gasteiger partial charge is 0.494 e. The predicted molar refractivity (Wildman–Crippen MR) is 143 cm³/mol. The second-order valence-electron chi connectivity index (χ2n) is 11.6. The molecule has 2 aliphatic rings. The summed E-state index contributed by atoms with van der Waals surface area (Å²) >= 11 is 0. The lowest BCUT2D eigenvalue weighted by molar-refractivity contribution is 0.00578. The van der Waals surface area contributed by atoms with Crippen LogP contribution in [-0.4, -0.2) is 41.6 Å². The summed E-state index contributed by atoms with van der Waals surface area (Å²) in [5.74, 6) is 0. The third kappa shape index (κ3) is 4.29. The minimum atomic E-state index is -0.398. The molecule has 5 rings (SSSR count). The summed E-state index contributed by atoms with van der Waals surface area (Å²) in [6.07, 6.45) is 0. The van der Waals surface area contributed by atoms with E-state index in [2.05, 4.69) is 55.4 Å². The molecule has 7 heteroatoms. The third-order valence-corrected chi connectivity index (χ3v) is 8.10. The van der Waals surface area contributed by atoms with Gasteiger partial charge in [-0.2, -0.15) is 0 Å². The monoisotopic (exact) mass is 472 g/mol. The van der Waals surface area contributed by atoms with Crippen LogP contribution in [0.15, 0.2) is 60.7 Å². The Hall–Kier alpha value is -2.31. The van der Waals surface area contributed by atoms with E-state index in [1.54, 1.807) is 0 Å². The fraction of sp³-hybridized carbons (Fsp3) is 0.429. The molecule has 35 heavy (non-hydrogen) atoms. The molecule has 5 nitrogen and oxygen atoms in total. The molecule has 0 unspecified atom stereocenters. The van der Waals surface area contributed by atoms with Crippen LogP contribution in [0.2, 0.25) is 1.41 Å². The SMILES string of the molecule is [2H]n1c(-c2ccc(B3OC(C)(C)C(C)(C)O3)cc2)ccc1-c1ccc(B2OC(C)(C)C(C)(C)O2)cc1. The Labute approximate surface area is 211 Å². The van der Waals surface area contributed by atoms with Gasteiger partial charge in [-0.25, -0.2) is 0 Å². The average Bonchev–Trinajstić information content (AvgIpc) is 3.36. The van der Waals surface area contributed by atoms with Crippen LogP contribution in [0.1, 0.15) is 55.4 Å². The lowest BCUT2D eigenvalue weighted by Crippen LogP contribution is -2.41. The van der Waals surface area contributed by atoms with Crippen molar-refractivity contribution >= 4 is 25.2 Å². The Morgan fingerprint density at radius 1 is 0.514 bits per heavy atom. The lowest BCUT2D eigenvalue weighted by Gasteiger charge is -2.32. The quantitative estimate of drug-likeness (QED) is 0.547. The minimum Gasteiger partial charge on any atom is -0.399 e. The topological polar surface area (TPSA) is 52.7 Å². The normalized spacial score (nSPS) is 22.5. The van der Waals surface area contributed by atoms with E-state index in [0.717, 1.165) is 33.4 Å². The number of benzene rings is 2. The average molecular weight is 472 g/mol. The van der Waals surface area contributed by atoms with Crippen molar-refractivity contribution in [2.45, 2.75) is 77.8 Å². The number of aromatic nitrogens is 1. The number of hydrogen-bond donors (Lipinski definition) is 1. The van der Waals surface area contributed by atoms with Crippen molar-refractivity contribution in [3.8, 4) is 22.5 Å². The molecule has 3 heterocycles. The summed E-state index contributed by atoms with van der Waals surface area (Å²) in [6.45, 7) is 16.4. The summed E-state index contributed by atoms with van der Waals surface area (Å²) in [5.41, 5.74) is 4.01. The van der Waals surface area contributed by atoms with Gasteiger partial charge in [0.15, 0.2) is 1.41 Å². The summed E-state index contributed by atoms with van der Waals surface area (Å²) in [4.78, 5) is 1.48. The van der Waals surface area contributed by atoms with Crippen molar-refractivity contribution in [3.05, 3.63) is 60.7 Å². The molecule has 2 saturated heterocycles. The molecular weight excluding hydrogens is 436 g/mol. The van der Waals surface area contributed by atoms with E-state index < -0.39 is 14.2 Å². The Balaban J connectivity index is 1.33. The highest BCUT2D eigenvalue weighted by atomic mass is 16.7. The summed E-state index contributed by atoms with van der Waals surface area (Å²) in [7, 11) is -0.797. The highest BCUT2D eigenvalue weighted by Gasteiger charge is 2.52. The number of hydrogen-bond acceptors (Lipinski definition) is 4. The first kappa shape index (κ1) is 23.1. The molecule has 1 aromatic heterocycles. The van der Waals surface area contributed by atoms with Crippen molar-refractivity contribution in [3.63, 3.8) is 0 Å². The summed E-state index contributed by atoms with van der Waals surface area (Å²) in [5, 5.41) is 0. The molecule has 1 N–H and O–H groups in total. The smallest absolute Gasteiger partial charge is 0.399 e. The molecule has 0 amide bonds. The van der Waals surface area contributed by atoms with Gasteiger partial charge in [-0.1, -0.05) is 48.5 Å². The molecule has 2 fully saturated rings. The van der Waals surface area contributed by atoms with Gasteiger partial charge in [-0.3, -0.25) is 0 Å². The van der Waals surface area contributed by atoms with Crippen LogP contribution in [0, 0.1) is 0 Å². The number of aromatic amines is 1. The van der Waals surface area contributed by atoms with E-state index in [9.17, 15) is 0 Å². The Kier molecular flexibility index (Phi) is 5.35. The first-order valence-corrected chi connectivity index (χ1v) is 12.3. The van der Waals surface area contributed by atoms with Gasteiger partial charge >= 0.3 is 14.2 Å². The molecule has 2 aromatic carbocycles. The summed E-state index contributed by atoms with van der Waals surface area (Å²) < 4.78 is 33.4. The van der Waals surface area contributed by atoms with Crippen LogP contribution in [0.3, 0.4) is 0 Å². The molecule has 0 saturated carbocycles. The Bertz CT molecular complexity index is 1140. The van der Waals surface area contributed by atoms with E-state index in [1.165, 1.54) is 4.98 Å². The van der Waals surface area contributed by atoms with Crippen LogP contribution in [0.25, 0.3) is 22.5 Å². The van der Waals surface area contributed by atoms with E-state index in [1.807, 2.05) is 60.7 Å². The fourth-order valence-electron chi connectivity index (χ4n) is 4.26. The molecule has 0 atom stereocenters. The molecule has 0 radical (unpaired) electrons. The number of H-pyrrole nitrogens is 1. The fourth-order valence-corrected chi connectivity index (χ4v) is 4.26. The van der Waals surface area contributed by atoms with Crippen LogP contribution in [-0.2, 0) is 18.6 Å². The lowest BCUT2D eigenvalue weighted by atomic mass is 9.79. The maximum atomic E-state index is 8.77. The second-order valence-corrected chi connectivity index (χ2v) is 11.6. The van der Waals surface area contributed by atoms with Crippen molar-refractivity contribution in [2.24, 2.45) is 0 Å². The summed E-state index contributed by atoms with van der Waals surface area (Å²) in [6, 6.07) is 20.1. The van der Waals surface area contributed by atoms with E-state index in [-0.39, 0.29) is 22.4 Å². The van der Waals surface area contributed by atoms with Crippen molar-refractivity contribution < 1.29 is 20.0 Å². The zero-order chi connectivity index (χ0) is 26.1. The molecular formula is C28H35B2NO4. The highest BCUT2D eigenvalue weighted by molar-refractivity contribution is 6.62. The van der Waals surface area contributed by atoms with Crippen LogP contribution >= 0.6 is 0 Å². The standard InChI is InChI=1S/C28H35B2NO4/c1-25(2)26(3,4)33-29(32-25)21-13-9-19(10-14-21)23-17-18-24(31-23)20-11-15-22(16-12-20)30-34-27(5,6)28(7,8)35-30/h9-18,31H,1-8H3/i/hD. The first-order valence-electron chi connectivity index (χ1n) is 12.8. The maximum absolute atomic E-state index is 8.77. The van der Waals surface area contributed by atoms with Crippen molar-refractivity contribution in [1.29, 1.82) is 0 Å². The van der Waals surface area contributed by atoms with Gasteiger partial charge in [0.25, 0.3) is 0 Å². The van der Waals surface area contributed by atoms with E-state index >= 15 is 0 Å². The zero-order valence-electron chi connectivity index (χ0n) is 23.0. The van der Waals surface area contributed by atoms with Gasteiger partial charge < -0.3 is 23.6 Å². The van der Waals surface area contributed by atoms with Gasteiger partial charge in [0.1, 0.15) is 0 Å². The molecule has 0 bridgehead atoms. The predicted octanol–water partition coefficient (Wildman–Crippen LogP) is 4.95.